The number of aryl methyl sites for hydroxylation is 1. The fourth-order valence-electron chi connectivity index (χ4n) is 3.22. The van der Waals surface area contributed by atoms with Crippen molar-refractivity contribution >= 4 is 11.8 Å². The van der Waals surface area contributed by atoms with Crippen molar-refractivity contribution in [1.82, 2.24) is 20.0 Å². The van der Waals surface area contributed by atoms with Crippen molar-refractivity contribution in [2.45, 2.75) is 6.92 Å². The summed E-state index contributed by atoms with van der Waals surface area (Å²) in [5, 5.41) is 6.94. The number of nitrogens with one attached hydrogen (secondary N) is 1. The lowest BCUT2D eigenvalue weighted by molar-refractivity contribution is 0.0515. The SMILES string of the molecule is Cc1cc(-c2cc(C(=O)N3CCN(C(=O)c4ccco4)CC3)[nH]n2)ccc1F. The number of carbonyl (C=O) groups excluding carboxylic acids is 2. The molecule has 1 fully saturated rings. The molecule has 28 heavy (non-hydrogen) atoms. The largest absolute Gasteiger partial charge is 0.459 e. The smallest absolute Gasteiger partial charge is 0.289 e. The van der Waals surface area contributed by atoms with E-state index in [0.717, 1.165) is 5.56 Å². The van der Waals surface area contributed by atoms with Gasteiger partial charge in [0.25, 0.3) is 11.8 Å². The topological polar surface area (TPSA) is 82.4 Å². The number of benzene rings is 1. The van der Waals surface area contributed by atoms with E-state index in [1.807, 2.05) is 0 Å². The van der Waals surface area contributed by atoms with Gasteiger partial charge in [-0.15, -0.1) is 0 Å². The van der Waals surface area contributed by atoms with E-state index in [1.165, 1.54) is 12.3 Å². The molecule has 0 saturated carbocycles. The van der Waals surface area contributed by atoms with E-state index in [0.29, 0.717) is 48.9 Å². The summed E-state index contributed by atoms with van der Waals surface area (Å²) in [6, 6.07) is 9.67. The number of rotatable bonds is 3. The van der Waals surface area contributed by atoms with Crippen LogP contribution in [0.25, 0.3) is 11.3 Å². The van der Waals surface area contributed by atoms with Crippen LogP contribution in [0.5, 0.6) is 0 Å². The van der Waals surface area contributed by atoms with Crippen LogP contribution >= 0.6 is 0 Å². The van der Waals surface area contributed by atoms with Gasteiger partial charge in [-0.2, -0.15) is 5.10 Å². The van der Waals surface area contributed by atoms with Crippen molar-refractivity contribution in [2.24, 2.45) is 0 Å². The summed E-state index contributed by atoms with van der Waals surface area (Å²) in [4.78, 5) is 28.4. The Morgan fingerprint density at radius 2 is 1.79 bits per heavy atom. The van der Waals surface area contributed by atoms with E-state index >= 15 is 0 Å². The lowest BCUT2D eigenvalue weighted by atomic mass is 10.1. The van der Waals surface area contributed by atoms with Gasteiger partial charge in [0.1, 0.15) is 11.5 Å². The van der Waals surface area contributed by atoms with E-state index in [-0.39, 0.29) is 17.6 Å². The number of piperazine rings is 1. The quantitative estimate of drug-likeness (QED) is 0.755. The van der Waals surface area contributed by atoms with E-state index < -0.39 is 0 Å². The van der Waals surface area contributed by atoms with E-state index in [9.17, 15) is 14.0 Å². The highest BCUT2D eigenvalue weighted by molar-refractivity contribution is 5.94. The number of hydrogen-bond acceptors (Lipinski definition) is 4. The third-order valence-corrected chi connectivity index (χ3v) is 4.85. The first-order chi connectivity index (χ1) is 13.5. The van der Waals surface area contributed by atoms with Crippen LogP contribution in [0.4, 0.5) is 4.39 Å². The summed E-state index contributed by atoms with van der Waals surface area (Å²) in [6.45, 7) is 3.40. The van der Waals surface area contributed by atoms with Gasteiger partial charge in [0.05, 0.1) is 12.0 Å². The highest BCUT2D eigenvalue weighted by Gasteiger charge is 2.27. The van der Waals surface area contributed by atoms with E-state index in [2.05, 4.69) is 10.2 Å². The summed E-state index contributed by atoms with van der Waals surface area (Å²) in [5.41, 5.74) is 2.20. The van der Waals surface area contributed by atoms with Gasteiger partial charge in [-0.05, 0) is 48.9 Å². The predicted octanol–water partition coefficient (Wildman–Crippen LogP) is 2.72. The van der Waals surface area contributed by atoms with Crippen molar-refractivity contribution in [3.8, 4) is 11.3 Å². The molecule has 1 aliphatic rings. The Kier molecular flexibility index (Phi) is 4.68. The molecule has 0 radical (unpaired) electrons. The van der Waals surface area contributed by atoms with Gasteiger partial charge in [0, 0.05) is 31.7 Å². The molecule has 3 aromatic rings. The molecule has 0 spiro atoms. The molecular formula is C20H19FN4O3. The van der Waals surface area contributed by atoms with Crippen LogP contribution < -0.4 is 0 Å². The van der Waals surface area contributed by atoms with E-state index in [1.54, 1.807) is 47.1 Å². The lowest BCUT2D eigenvalue weighted by Gasteiger charge is -2.34. The molecule has 0 aliphatic carbocycles. The summed E-state index contributed by atoms with van der Waals surface area (Å²) in [5.74, 6) is -0.333. The second-order valence-corrected chi connectivity index (χ2v) is 6.69. The van der Waals surface area contributed by atoms with Gasteiger partial charge in [0.15, 0.2) is 5.76 Å². The molecule has 1 N–H and O–H groups in total. The minimum absolute atomic E-state index is 0.174. The maximum Gasteiger partial charge on any atom is 0.289 e. The highest BCUT2D eigenvalue weighted by Crippen LogP contribution is 2.21. The second kappa shape index (κ2) is 7.30. The molecule has 2 amide bonds. The molecule has 7 nitrogen and oxygen atoms in total. The molecule has 4 rings (SSSR count). The zero-order valence-electron chi connectivity index (χ0n) is 15.3. The van der Waals surface area contributed by atoms with Gasteiger partial charge >= 0.3 is 0 Å². The van der Waals surface area contributed by atoms with Crippen LogP contribution in [-0.4, -0.2) is 58.0 Å². The predicted molar refractivity (Wildman–Crippen MR) is 99.2 cm³/mol. The van der Waals surface area contributed by atoms with Crippen molar-refractivity contribution in [2.75, 3.05) is 26.2 Å². The van der Waals surface area contributed by atoms with Gasteiger partial charge < -0.3 is 14.2 Å². The Hall–Kier alpha value is -3.42. The number of carbonyl (C=O) groups is 2. The van der Waals surface area contributed by atoms with Gasteiger partial charge in [-0.1, -0.05) is 0 Å². The van der Waals surface area contributed by atoms with Crippen molar-refractivity contribution in [3.63, 3.8) is 0 Å². The highest BCUT2D eigenvalue weighted by atomic mass is 19.1. The van der Waals surface area contributed by atoms with Crippen LogP contribution in [0.3, 0.4) is 0 Å². The average molecular weight is 382 g/mol. The Bertz CT molecular complexity index is 1000. The normalized spacial score (nSPS) is 14.4. The van der Waals surface area contributed by atoms with Crippen LogP contribution in [-0.2, 0) is 0 Å². The zero-order chi connectivity index (χ0) is 19.7. The molecule has 144 valence electrons. The summed E-state index contributed by atoms with van der Waals surface area (Å²) in [6.07, 6.45) is 1.46. The van der Waals surface area contributed by atoms with Crippen LogP contribution in [0, 0.1) is 12.7 Å². The number of aromatic amines is 1. The Morgan fingerprint density at radius 3 is 2.43 bits per heavy atom. The summed E-state index contributed by atoms with van der Waals surface area (Å²) in [7, 11) is 0. The lowest BCUT2D eigenvalue weighted by Crippen LogP contribution is -2.50. The molecule has 2 aromatic heterocycles. The summed E-state index contributed by atoms with van der Waals surface area (Å²) >= 11 is 0. The number of aromatic nitrogens is 2. The number of nitrogens with zero attached hydrogens (tertiary/aromatic N) is 3. The molecule has 1 aliphatic heterocycles. The zero-order valence-corrected chi connectivity index (χ0v) is 15.3. The molecule has 3 heterocycles. The summed E-state index contributed by atoms with van der Waals surface area (Å²) < 4.78 is 18.6. The maximum atomic E-state index is 13.4. The second-order valence-electron chi connectivity index (χ2n) is 6.69. The standard InChI is InChI=1S/C20H19FN4O3/c1-13-11-14(4-5-15(13)21)16-12-17(23-22-16)19(26)24-6-8-25(9-7-24)20(27)18-3-2-10-28-18/h2-5,10-12H,6-9H2,1H3,(H,22,23). The molecule has 1 saturated heterocycles. The Morgan fingerprint density at radius 1 is 1.07 bits per heavy atom. The molecule has 0 bridgehead atoms. The monoisotopic (exact) mass is 382 g/mol. The number of H-pyrrole nitrogens is 1. The molecule has 0 unspecified atom stereocenters. The number of hydrogen-bond donors (Lipinski definition) is 1. The first-order valence-electron chi connectivity index (χ1n) is 8.97. The minimum Gasteiger partial charge on any atom is -0.459 e. The first-order valence-corrected chi connectivity index (χ1v) is 8.97. The van der Waals surface area contributed by atoms with Gasteiger partial charge in [0.2, 0.25) is 0 Å². The molecule has 0 atom stereocenters. The van der Waals surface area contributed by atoms with E-state index in [4.69, 9.17) is 4.42 Å². The first kappa shape index (κ1) is 18.0. The minimum atomic E-state index is -0.280. The molecule has 1 aromatic carbocycles. The fraction of sp³-hybridized carbons (Fsp3) is 0.250. The van der Waals surface area contributed by atoms with Crippen LogP contribution in [0.15, 0.2) is 47.1 Å². The number of furan rings is 1. The van der Waals surface area contributed by atoms with Gasteiger partial charge in [-0.3, -0.25) is 14.7 Å². The Balaban J connectivity index is 1.41. The molecular weight excluding hydrogens is 363 g/mol. The van der Waals surface area contributed by atoms with Crippen molar-refractivity contribution in [3.05, 3.63) is 65.5 Å². The number of halogens is 1. The van der Waals surface area contributed by atoms with Crippen LogP contribution in [0.1, 0.15) is 26.6 Å². The Labute approximate surface area is 160 Å². The van der Waals surface area contributed by atoms with Gasteiger partial charge in [-0.25, -0.2) is 4.39 Å². The average Bonchev–Trinajstić information content (AvgIpc) is 3.41. The van der Waals surface area contributed by atoms with Crippen molar-refractivity contribution in [1.29, 1.82) is 0 Å². The van der Waals surface area contributed by atoms with Crippen LogP contribution in [0.2, 0.25) is 0 Å². The third kappa shape index (κ3) is 3.40. The maximum absolute atomic E-state index is 13.4. The third-order valence-electron chi connectivity index (χ3n) is 4.85. The number of amides is 2. The van der Waals surface area contributed by atoms with Crippen molar-refractivity contribution < 1.29 is 18.4 Å². The fourth-order valence-corrected chi connectivity index (χ4v) is 3.22. The molecule has 8 heteroatoms.